The first-order valence-electron chi connectivity index (χ1n) is 10.0. The number of rotatable bonds is 9. The zero-order chi connectivity index (χ0) is 20.1. The minimum Gasteiger partial charge on any atom is -0.481 e. The molecule has 0 aliphatic carbocycles. The van der Waals surface area contributed by atoms with Crippen LogP contribution in [0.5, 0.6) is 11.8 Å². The Morgan fingerprint density at radius 3 is 2.93 bits per heavy atom. The molecule has 1 aliphatic heterocycles. The number of fused-ring (bicyclic) bond motifs is 1. The lowest BCUT2D eigenvalue weighted by molar-refractivity contribution is 0.0669. The fourth-order valence-electron chi connectivity index (χ4n) is 3.22. The quantitative estimate of drug-likeness (QED) is 0.586. The van der Waals surface area contributed by atoms with Gasteiger partial charge in [-0.25, -0.2) is 9.97 Å². The zero-order valence-electron chi connectivity index (χ0n) is 16.8. The molecule has 0 saturated carbocycles. The van der Waals surface area contributed by atoms with E-state index in [1.54, 1.807) is 25.7 Å². The Bertz CT molecular complexity index is 937. The van der Waals surface area contributed by atoms with Crippen LogP contribution in [0.1, 0.15) is 32.6 Å². The molecule has 0 amide bonds. The van der Waals surface area contributed by atoms with Crippen molar-refractivity contribution in [2.75, 3.05) is 25.6 Å². The highest BCUT2D eigenvalue weighted by Gasteiger charge is 2.19. The van der Waals surface area contributed by atoms with Gasteiger partial charge in [0.05, 0.1) is 31.4 Å². The van der Waals surface area contributed by atoms with E-state index in [4.69, 9.17) is 14.2 Å². The largest absolute Gasteiger partial charge is 0.481 e. The molecule has 4 rings (SSSR count). The smallest absolute Gasteiger partial charge is 0.247 e. The van der Waals surface area contributed by atoms with E-state index >= 15 is 0 Å². The Kier molecular flexibility index (Phi) is 6.04. The van der Waals surface area contributed by atoms with Crippen molar-refractivity contribution < 1.29 is 14.2 Å². The maximum absolute atomic E-state index is 6.01. The summed E-state index contributed by atoms with van der Waals surface area (Å²) in [4.78, 5) is 17.9. The molecule has 1 saturated heterocycles. The van der Waals surface area contributed by atoms with Crippen LogP contribution < -0.4 is 14.8 Å². The number of methoxy groups -OCH3 is 1. The minimum absolute atomic E-state index is 0.101. The van der Waals surface area contributed by atoms with Crippen molar-refractivity contribution in [1.29, 1.82) is 0 Å². The summed E-state index contributed by atoms with van der Waals surface area (Å²) in [5.41, 5.74) is 2.17. The third kappa shape index (κ3) is 4.56. The summed E-state index contributed by atoms with van der Waals surface area (Å²) in [7, 11) is 1.58. The fourth-order valence-corrected chi connectivity index (χ4v) is 3.22. The van der Waals surface area contributed by atoms with Gasteiger partial charge in [0.1, 0.15) is 6.61 Å². The Labute approximate surface area is 169 Å². The number of hydrogen-bond donors (Lipinski definition) is 1. The van der Waals surface area contributed by atoms with E-state index < -0.39 is 0 Å². The first-order chi connectivity index (χ1) is 14.3. The van der Waals surface area contributed by atoms with Gasteiger partial charge in [0.25, 0.3) is 0 Å². The number of aryl methyl sites for hydroxylation is 1. The number of nitrogens with zero attached hydrogens (tertiary/aromatic N) is 5. The topological polar surface area (TPSA) is 96.2 Å². The Morgan fingerprint density at radius 1 is 1.28 bits per heavy atom. The molecule has 1 N–H and O–H groups in total. The molecular formula is C20H26N6O3. The van der Waals surface area contributed by atoms with Gasteiger partial charge in [-0.05, 0) is 25.3 Å². The summed E-state index contributed by atoms with van der Waals surface area (Å²) >= 11 is 0. The van der Waals surface area contributed by atoms with Crippen molar-refractivity contribution in [3.05, 3.63) is 24.7 Å². The van der Waals surface area contributed by atoms with Gasteiger partial charge in [-0.1, -0.05) is 13.3 Å². The molecular weight excluding hydrogens is 372 g/mol. The molecule has 29 heavy (non-hydrogen) atoms. The van der Waals surface area contributed by atoms with Gasteiger partial charge in [-0.15, -0.1) is 0 Å². The first kappa shape index (κ1) is 19.4. The Balaban J connectivity index is 1.62. The first-order valence-corrected chi connectivity index (χ1v) is 10.0. The normalized spacial score (nSPS) is 16.3. The molecule has 3 aromatic rings. The Hall–Kier alpha value is -2.94. The molecule has 1 fully saturated rings. The van der Waals surface area contributed by atoms with Crippen LogP contribution in [0.3, 0.4) is 0 Å². The monoisotopic (exact) mass is 398 g/mol. The molecule has 1 atom stereocenters. The van der Waals surface area contributed by atoms with Gasteiger partial charge >= 0.3 is 0 Å². The average molecular weight is 398 g/mol. The van der Waals surface area contributed by atoms with Crippen LogP contribution in [0.25, 0.3) is 11.2 Å². The highest BCUT2D eigenvalue weighted by molar-refractivity contribution is 5.78. The molecule has 0 bridgehead atoms. The molecule has 1 unspecified atom stereocenters. The summed E-state index contributed by atoms with van der Waals surface area (Å²) < 4.78 is 18.8. The van der Waals surface area contributed by atoms with Crippen molar-refractivity contribution in [3.8, 4) is 11.8 Å². The van der Waals surface area contributed by atoms with Crippen LogP contribution in [0.15, 0.2) is 24.7 Å². The highest BCUT2D eigenvalue weighted by atomic mass is 16.5. The van der Waals surface area contributed by atoms with Crippen molar-refractivity contribution >= 4 is 22.8 Å². The second kappa shape index (κ2) is 9.04. The number of ether oxygens (including phenoxy) is 3. The van der Waals surface area contributed by atoms with Crippen LogP contribution >= 0.6 is 0 Å². The predicted octanol–water partition coefficient (Wildman–Crippen LogP) is 3.33. The molecule has 0 aromatic carbocycles. The zero-order valence-corrected chi connectivity index (χ0v) is 16.8. The van der Waals surface area contributed by atoms with Gasteiger partial charge in [-0.3, -0.25) is 0 Å². The lowest BCUT2D eigenvalue weighted by Crippen LogP contribution is -2.17. The summed E-state index contributed by atoms with van der Waals surface area (Å²) in [5, 5.41) is 3.20. The predicted molar refractivity (Wildman–Crippen MR) is 109 cm³/mol. The standard InChI is InChI=1S/C20H26N6O3/c1-3-4-9-26-13-22-17-18(26)24-20(23-14-7-8-16(27-2)21-11-14)25-19(17)29-12-15-6-5-10-28-15/h7-8,11,13,15H,3-6,9-10,12H2,1-2H3,(H,23,24,25). The molecule has 0 radical (unpaired) electrons. The van der Waals surface area contributed by atoms with E-state index in [0.29, 0.717) is 29.8 Å². The van der Waals surface area contributed by atoms with Crippen LogP contribution in [-0.2, 0) is 11.3 Å². The Morgan fingerprint density at radius 2 is 2.21 bits per heavy atom. The molecule has 4 heterocycles. The van der Waals surface area contributed by atoms with E-state index in [2.05, 4.69) is 32.2 Å². The van der Waals surface area contributed by atoms with Gasteiger partial charge in [0.15, 0.2) is 11.2 Å². The van der Waals surface area contributed by atoms with Crippen LogP contribution in [0.4, 0.5) is 11.6 Å². The highest BCUT2D eigenvalue weighted by Crippen LogP contribution is 2.26. The van der Waals surface area contributed by atoms with E-state index in [9.17, 15) is 0 Å². The SMILES string of the molecule is CCCCn1cnc2c(OCC3CCCO3)nc(Nc3ccc(OC)nc3)nc21. The maximum atomic E-state index is 6.01. The van der Waals surface area contributed by atoms with Gasteiger partial charge in [-0.2, -0.15) is 9.97 Å². The summed E-state index contributed by atoms with van der Waals surface area (Å²) in [5.74, 6) is 1.44. The number of hydrogen-bond acceptors (Lipinski definition) is 8. The lowest BCUT2D eigenvalue weighted by atomic mass is 10.2. The van der Waals surface area contributed by atoms with Crippen LogP contribution in [-0.4, -0.2) is 50.9 Å². The molecule has 1 aliphatic rings. The second-order valence-electron chi connectivity index (χ2n) is 6.98. The molecule has 9 nitrogen and oxygen atoms in total. The van der Waals surface area contributed by atoms with E-state index in [-0.39, 0.29) is 6.10 Å². The maximum Gasteiger partial charge on any atom is 0.247 e. The van der Waals surface area contributed by atoms with E-state index in [1.165, 1.54) is 0 Å². The molecule has 3 aromatic heterocycles. The summed E-state index contributed by atoms with van der Waals surface area (Å²) in [6, 6.07) is 3.64. The van der Waals surface area contributed by atoms with Crippen molar-refractivity contribution in [2.24, 2.45) is 0 Å². The van der Waals surface area contributed by atoms with Crippen LogP contribution in [0.2, 0.25) is 0 Å². The van der Waals surface area contributed by atoms with Gasteiger partial charge < -0.3 is 24.1 Å². The van der Waals surface area contributed by atoms with Crippen molar-refractivity contribution in [3.63, 3.8) is 0 Å². The van der Waals surface area contributed by atoms with E-state index in [0.717, 1.165) is 50.2 Å². The number of nitrogens with one attached hydrogen (secondary N) is 1. The number of imidazole rings is 1. The fraction of sp³-hybridized carbons (Fsp3) is 0.500. The molecule has 0 spiro atoms. The number of anilines is 2. The summed E-state index contributed by atoms with van der Waals surface area (Å²) in [6.45, 7) is 4.25. The third-order valence-electron chi connectivity index (χ3n) is 4.82. The van der Waals surface area contributed by atoms with Crippen molar-refractivity contribution in [1.82, 2.24) is 24.5 Å². The minimum atomic E-state index is 0.101. The second-order valence-corrected chi connectivity index (χ2v) is 6.98. The van der Waals surface area contributed by atoms with Crippen LogP contribution in [0, 0.1) is 0 Å². The lowest BCUT2D eigenvalue weighted by Gasteiger charge is -2.13. The molecule has 9 heteroatoms. The number of aromatic nitrogens is 5. The van der Waals surface area contributed by atoms with E-state index in [1.807, 2.05) is 10.6 Å². The van der Waals surface area contributed by atoms with Gasteiger partial charge in [0, 0.05) is 19.2 Å². The van der Waals surface area contributed by atoms with Gasteiger partial charge in [0.2, 0.25) is 17.7 Å². The number of pyridine rings is 1. The van der Waals surface area contributed by atoms with Crippen molar-refractivity contribution in [2.45, 2.75) is 45.3 Å². The molecule has 154 valence electrons. The third-order valence-corrected chi connectivity index (χ3v) is 4.82. The number of unbranched alkanes of at least 4 members (excludes halogenated alkanes) is 1. The summed E-state index contributed by atoms with van der Waals surface area (Å²) in [6.07, 6.45) is 7.78. The average Bonchev–Trinajstić information content (AvgIpc) is 3.41.